The normalized spacial score (nSPS) is 27.8. The lowest BCUT2D eigenvalue weighted by Crippen LogP contribution is -2.52. The number of unbranched alkanes of at least 4 members (excludes halogenated alkanes) is 3. The summed E-state index contributed by atoms with van der Waals surface area (Å²) in [5.41, 5.74) is 0. The first-order valence-corrected chi connectivity index (χ1v) is 8.94. The maximum Gasteiger partial charge on any atom is 0.291 e. The summed E-state index contributed by atoms with van der Waals surface area (Å²) in [5, 5.41) is 0. The van der Waals surface area contributed by atoms with Crippen LogP contribution in [0.15, 0.2) is 0 Å². The monoisotopic (exact) mass is 311 g/mol. The molecule has 118 valence electrons. The van der Waals surface area contributed by atoms with Crippen LogP contribution in [0.2, 0.25) is 0 Å². The number of piperidine rings is 3. The van der Waals surface area contributed by atoms with Crippen LogP contribution in [-0.2, 0) is 0 Å². The summed E-state index contributed by atoms with van der Waals surface area (Å²) in [6, 6.07) is 0. The topological polar surface area (TPSA) is 47.5 Å². The molecule has 1 aromatic heterocycles. The zero-order valence-electron chi connectivity index (χ0n) is 12.8. The molecule has 6 heteroatoms. The van der Waals surface area contributed by atoms with Crippen molar-refractivity contribution in [3.05, 3.63) is 0 Å². The lowest BCUT2D eigenvalue weighted by Gasteiger charge is -2.43. The summed E-state index contributed by atoms with van der Waals surface area (Å²) >= 11 is 1.18. The van der Waals surface area contributed by atoms with Crippen molar-refractivity contribution in [2.75, 3.05) is 26.2 Å². The van der Waals surface area contributed by atoms with Gasteiger partial charge in [-0.1, -0.05) is 26.2 Å². The molecule has 0 aromatic carbocycles. The largest absolute Gasteiger partial charge is 0.473 e. The first kappa shape index (κ1) is 15.0. The standard InChI is InChI=1S/C15H25N3O2S/c1-2-3-4-5-10-19-14-15(17-21-16-14)20-13-11-18-8-6-12(13)7-9-18/h12-13H,2-11H2,1H3. The second kappa shape index (κ2) is 7.40. The smallest absolute Gasteiger partial charge is 0.291 e. The van der Waals surface area contributed by atoms with E-state index in [4.69, 9.17) is 9.47 Å². The Balaban J connectivity index is 1.48. The lowest BCUT2D eigenvalue weighted by molar-refractivity contribution is -0.0110. The lowest BCUT2D eigenvalue weighted by atomic mass is 9.86. The van der Waals surface area contributed by atoms with Gasteiger partial charge in [-0.15, -0.1) is 8.75 Å². The average Bonchev–Trinajstić information content (AvgIpc) is 2.95. The summed E-state index contributed by atoms with van der Waals surface area (Å²) < 4.78 is 20.4. The van der Waals surface area contributed by atoms with Crippen LogP contribution in [0.4, 0.5) is 0 Å². The van der Waals surface area contributed by atoms with Crippen LogP contribution in [0, 0.1) is 5.92 Å². The molecule has 1 aromatic rings. The van der Waals surface area contributed by atoms with Crippen LogP contribution in [0.5, 0.6) is 11.8 Å². The number of rotatable bonds is 8. The first-order chi connectivity index (χ1) is 10.4. The molecule has 0 aliphatic carbocycles. The molecule has 3 saturated heterocycles. The molecule has 2 bridgehead atoms. The van der Waals surface area contributed by atoms with Crippen molar-refractivity contribution >= 4 is 11.7 Å². The van der Waals surface area contributed by atoms with Crippen LogP contribution < -0.4 is 9.47 Å². The van der Waals surface area contributed by atoms with Crippen molar-refractivity contribution in [3.63, 3.8) is 0 Å². The first-order valence-electron chi connectivity index (χ1n) is 8.21. The van der Waals surface area contributed by atoms with Crippen LogP contribution in [0.1, 0.15) is 45.4 Å². The number of fused-ring (bicyclic) bond motifs is 3. The third kappa shape index (κ3) is 3.86. The number of ether oxygens (including phenoxy) is 2. The molecular formula is C15H25N3O2S. The summed E-state index contributed by atoms with van der Waals surface area (Å²) in [5.74, 6) is 1.87. The second-order valence-corrected chi connectivity index (χ2v) is 6.61. The van der Waals surface area contributed by atoms with Crippen molar-refractivity contribution in [3.8, 4) is 11.8 Å². The van der Waals surface area contributed by atoms with E-state index < -0.39 is 0 Å². The fraction of sp³-hybridized carbons (Fsp3) is 0.867. The molecule has 21 heavy (non-hydrogen) atoms. The van der Waals surface area contributed by atoms with E-state index >= 15 is 0 Å². The Kier molecular flexibility index (Phi) is 5.30. The minimum absolute atomic E-state index is 0.263. The van der Waals surface area contributed by atoms with Gasteiger partial charge in [0.05, 0.1) is 18.3 Å². The van der Waals surface area contributed by atoms with Gasteiger partial charge in [0.25, 0.3) is 11.8 Å². The van der Waals surface area contributed by atoms with Crippen molar-refractivity contribution in [1.82, 2.24) is 13.6 Å². The Morgan fingerprint density at radius 3 is 2.67 bits per heavy atom. The van der Waals surface area contributed by atoms with Gasteiger partial charge in [-0.2, -0.15) is 0 Å². The summed E-state index contributed by atoms with van der Waals surface area (Å²) in [6.07, 6.45) is 7.55. The Hall–Kier alpha value is -0.880. The molecule has 0 spiro atoms. The molecule has 4 heterocycles. The van der Waals surface area contributed by atoms with Gasteiger partial charge in [0, 0.05) is 6.54 Å². The highest BCUT2D eigenvalue weighted by Crippen LogP contribution is 2.33. The zero-order chi connectivity index (χ0) is 14.5. The number of hydrogen-bond acceptors (Lipinski definition) is 6. The van der Waals surface area contributed by atoms with Crippen LogP contribution in [0.25, 0.3) is 0 Å². The highest BCUT2D eigenvalue weighted by atomic mass is 32.1. The van der Waals surface area contributed by atoms with Crippen LogP contribution >= 0.6 is 11.7 Å². The molecular weight excluding hydrogens is 286 g/mol. The van der Waals surface area contributed by atoms with E-state index in [-0.39, 0.29) is 6.10 Å². The maximum absolute atomic E-state index is 6.11. The number of aromatic nitrogens is 2. The van der Waals surface area contributed by atoms with Gasteiger partial charge in [0.2, 0.25) is 0 Å². The van der Waals surface area contributed by atoms with Crippen molar-refractivity contribution in [2.45, 2.75) is 51.6 Å². The minimum Gasteiger partial charge on any atom is -0.473 e. The Morgan fingerprint density at radius 2 is 1.95 bits per heavy atom. The van der Waals surface area contributed by atoms with Gasteiger partial charge in [0.1, 0.15) is 6.10 Å². The molecule has 3 aliphatic rings. The maximum atomic E-state index is 6.11. The third-order valence-corrected chi connectivity index (χ3v) is 5.02. The highest BCUT2D eigenvalue weighted by molar-refractivity contribution is 6.99. The SMILES string of the molecule is CCCCCCOc1nsnc1OC1CN2CCC1CC2. The number of hydrogen-bond donors (Lipinski definition) is 0. The molecule has 1 atom stereocenters. The zero-order valence-corrected chi connectivity index (χ0v) is 13.6. The summed E-state index contributed by atoms with van der Waals surface area (Å²) in [7, 11) is 0. The predicted molar refractivity (Wildman–Crippen MR) is 83.1 cm³/mol. The molecule has 1 unspecified atom stereocenters. The Labute approximate surface area is 131 Å². The van der Waals surface area contributed by atoms with Gasteiger partial charge in [-0.3, -0.25) is 4.90 Å². The van der Waals surface area contributed by atoms with E-state index in [1.165, 1.54) is 56.9 Å². The molecule has 3 fully saturated rings. The van der Waals surface area contributed by atoms with Gasteiger partial charge in [-0.25, -0.2) is 0 Å². The minimum atomic E-state index is 0.263. The Bertz CT molecular complexity index is 432. The molecule has 0 amide bonds. The fourth-order valence-corrected chi connectivity index (χ4v) is 3.66. The number of nitrogens with zero attached hydrogens (tertiary/aromatic N) is 3. The third-order valence-electron chi connectivity index (χ3n) is 4.53. The predicted octanol–water partition coefficient (Wildman–Crippen LogP) is 2.97. The van der Waals surface area contributed by atoms with E-state index in [9.17, 15) is 0 Å². The van der Waals surface area contributed by atoms with Gasteiger partial charge >= 0.3 is 0 Å². The van der Waals surface area contributed by atoms with Crippen molar-refractivity contribution in [1.29, 1.82) is 0 Å². The molecule has 3 aliphatic heterocycles. The van der Waals surface area contributed by atoms with E-state index in [0.29, 0.717) is 24.3 Å². The summed E-state index contributed by atoms with van der Waals surface area (Å²) in [4.78, 5) is 2.48. The Morgan fingerprint density at radius 1 is 1.14 bits per heavy atom. The van der Waals surface area contributed by atoms with Gasteiger partial charge in [0.15, 0.2) is 0 Å². The molecule has 0 radical (unpaired) electrons. The molecule has 4 rings (SSSR count). The quantitative estimate of drug-likeness (QED) is 0.691. The highest BCUT2D eigenvalue weighted by Gasteiger charge is 2.36. The van der Waals surface area contributed by atoms with Crippen molar-refractivity contribution < 1.29 is 9.47 Å². The van der Waals surface area contributed by atoms with Gasteiger partial charge < -0.3 is 9.47 Å². The van der Waals surface area contributed by atoms with Crippen LogP contribution in [0.3, 0.4) is 0 Å². The average molecular weight is 311 g/mol. The van der Waals surface area contributed by atoms with E-state index in [0.717, 1.165) is 13.0 Å². The van der Waals surface area contributed by atoms with E-state index in [1.807, 2.05) is 0 Å². The fourth-order valence-electron chi connectivity index (χ4n) is 3.22. The molecule has 0 saturated carbocycles. The molecule has 5 nitrogen and oxygen atoms in total. The summed E-state index contributed by atoms with van der Waals surface area (Å²) in [6.45, 7) is 6.40. The molecule has 0 N–H and O–H groups in total. The second-order valence-electron chi connectivity index (χ2n) is 6.08. The van der Waals surface area contributed by atoms with Gasteiger partial charge in [-0.05, 0) is 38.3 Å². The van der Waals surface area contributed by atoms with Crippen LogP contribution in [-0.4, -0.2) is 46.0 Å². The van der Waals surface area contributed by atoms with E-state index in [2.05, 4.69) is 20.6 Å². The van der Waals surface area contributed by atoms with Crippen molar-refractivity contribution in [2.24, 2.45) is 5.92 Å². The van der Waals surface area contributed by atoms with E-state index in [1.54, 1.807) is 0 Å².